The first-order chi connectivity index (χ1) is 15.5. The summed E-state index contributed by atoms with van der Waals surface area (Å²) in [5.41, 5.74) is 7.22. The smallest absolute Gasteiger partial charge is 0.255 e. The van der Waals surface area contributed by atoms with E-state index in [4.69, 9.17) is 10.5 Å². The molecule has 0 aliphatic rings. The molecule has 0 aliphatic heterocycles. The van der Waals surface area contributed by atoms with E-state index in [1.807, 2.05) is 24.3 Å². The molecule has 2 rings (SSSR count). The molecule has 0 fully saturated rings. The maximum atomic E-state index is 12.2. The summed E-state index contributed by atoms with van der Waals surface area (Å²) in [4.78, 5) is 12.2. The molecule has 1 amide bonds. The van der Waals surface area contributed by atoms with Crippen LogP contribution in [-0.4, -0.2) is 29.3 Å². The van der Waals surface area contributed by atoms with E-state index in [1.54, 1.807) is 6.92 Å². The SMILES string of the molecule is Cc1cc(O)cc(O)c1C(=O)NCCCCCCCCCCCCOc1ccc(N)cc1. The Kier molecular flexibility index (Phi) is 11.3. The number of rotatable bonds is 15. The summed E-state index contributed by atoms with van der Waals surface area (Å²) in [6.07, 6.45) is 11.8. The van der Waals surface area contributed by atoms with Crippen molar-refractivity contribution in [3.63, 3.8) is 0 Å². The van der Waals surface area contributed by atoms with Gasteiger partial charge in [-0.25, -0.2) is 0 Å². The Morgan fingerprint density at radius 3 is 2.03 bits per heavy atom. The molecule has 6 heteroatoms. The number of phenols is 2. The van der Waals surface area contributed by atoms with Gasteiger partial charge in [0.05, 0.1) is 12.2 Å². The first kappa shape index (κ1) is 25.4. The average molecular weight is 443 g/mol. The molecule has 2 aromatic rings. The van der Waals surface area contributed by atoms with Gasteiger partial charge in [0.25, 0.3) is 5.91 Å². The van der Waals surface area contributed by atoms with Crippen molar-refractivity contribution in [3.05, 3.63) is 47.5 Å². The summed E-state index contributed by atoms with van der Waals surface area (Å²) >= 11 is 0. The fourth-order valence-electron chi connectivity index (χ4n) is 3.73. The zero-order valence-electron chi connectivity index (χ0n) is 19.2. The Bertz CT molecular complexity index is 798. The minimum absolute atomic E-state index is 0.0417. The molecule has 5 N–H and O–H groups in total. The number of hydrogen-bond acceptors (Lipinski definition) is 5. The predicted molar refractivity (Wildman–Crippen MR) is 129 cm³/mol. The third-order valence-electron chi connectivity index (χ3n) is 5.53. The van der Waals surface area contributed by atoms with E-state index >= 15 is 0 Å². The molecule has 0 saturated carbocycles. The molecule has 32 heavy (non-hydrogen) atoms. The lowest BCUT2D eigenvalue weighted by molar-refractivity contribution is 0.0949. The molecule has 0 radical (unpaired) electrons. The molecular weight excluding hydrogens is 404 g/mol. The van der Waals surface area contributed by atoms with Crippen LogP contribution in [0.5, 0.6) is 17.2 Å². The van der Waals surface area contributed by atoms with E-state index in [0.717, 1.165) is 37.3 Å². The van der Waals surface area contributed by atoms with Gasteiger partial charge in [-0.05, 0) is 55.7 Å². The number of unbranched alkanes of at least 4 members (excludes halogenated alkanes) is 9. The molecule has 2 aromatic carbocycles. The van der Waals surface area contributed by atoms with Gasteiger partial charge in [-0.2, -0.15) is 0 Å². The lowest BCUT2D eigenvalue weighted by Crippen LogP contribution is -2.25. The topological polar surface area (TPSA) is 105 Å². The number of anilines is 1. The zero-order chi connectivity index (χ0) is 23.2. The number of ether oxygens (including phenoxy) is 1. The molecule has 0 bridgehead atoms. The molecule has 0 aliphatic carbocycles. The van der Waals surface area contributed by atoms with Crippen molar-refractivity contribution in [2.24, 2.45) is 0 Å². The summed E-state index contributed by atoms with van der Waals surface area (Å²) < 4.78 is 5.70. The standard InChI is InChI=1S/C26H38N2O4/c1-20-18-22(29)19-24(30)25(20)26(31)28-16-10-8-6-4-2-3-5-7-9-11-17-32-23-14-12-21(27)13-15-23/h12-15,18-19,29-30H,2-11,16-17,27H2,1H3,(H,28,31). The molecule has 0 saturated heterocycles. The molecule has 0 spiro atoms. The summed E-state index contributed by atoms with van der Waals surface area (Å²) in [5, 5.41) is 22.2. The molecule has 0 unspecified atom stereocenters. The van der Waals surface area contributed by atoms with Crippen LogP contribution >= 0.6 is 0 Å². The lowest BCUT2D eigenvalue weighted by Gasteiger charge is -2.10. The van der Waals surface area contributed by atoms with Crippen LogP contribution in [0.1, 0.15) is 80.1 Å². The van der Waals surface area contributed by atoms with Crippen LogP contribution in [-0.2, 0) is 0 Å². The van der Waals surface area contributed by atoms with E-state index in [2.05, 4.69) is 5.32 Å². The second-order valence-electron chi connectivity index (χ2n) is 8.37. The quantitative estimate of drug-likeness (QED) is 0.209. The van der Waals surface area contributed by atoms with Gasteiger partial charge in [0.2, 0.25) is 0 Å². The maximum Gasteiger partial charge on any atom is 0.255 e. The Morgan fingerprint density at radius 1 is 0.875 bits per heavy atom. The maximum absolute atomic E-state index is 12.2. The Labute approximate surface area is 191 Å². The van der Waals surface area contributed by atoms with Crippen LogP contribution in [0.3, 0.4) is 0 Å². The van der Waals surface area contributed by atoms with E-state index in [9.17, 15) is 15.0 Å². The highest BCUT2D eigenvalue weighted by molar-refractivity contribution is 5.98. The number of nitrogens with two attached hydrogens (primary N) is 1. The van der Waals surface area contributed by atoms with Crippen molar-refractivity contribution in [3.8, 4) is 17.2 Å². The normalized spacial score (nSPS) is 10.8. The number of nitrogens with one attached hydrogen (secondary N) is 1. The van der Waals surface area contributed by atoms with Gasteiger partial charge >= 0.3 is 0 Å². The number of aromatic hydroxyl groups is 2. The van der Waals surface area contributed by atoms with Crippen molar-refractivity contribution in [2.45, 2.75) is 71.1 Å². The van der Waals surface area contributed by atoms with Crippen LogP contribution in [0.25, 0.3) is 0 Å². The second-order valence-corrected chi connectivity index (χ2v) is 8.37. The van der Waals surface area contributed by atoms with Crippen LogP contribution < -0.4 is 15.8 Å². The minimum atomic E-state index is -0.293. The fourth-order valence-corrected chi connectivity index (χ4v) is 3.73. The first-order valence-electron chi connectivity index (χ1n) is 11.8. The van der Waals surface area contributed by atoms with E-state index < -0.39 is 0 Å². The van der Waals surface area contributed by atoms with Crippen LogP contribution in [0.4, 0.5) is 5.69 Å². The van der Waals surface area contributed by atoms with Crippen molar-refractivity contribution in [1.29, 1.82) is 0 Å². The minimum Gasteiger partial charge on any atom is -0.508 e. The van der Waals surface area contributed by atoms with Crippen LogP contribution in [0.2, 0.25) is 0 Å². The highest BCUT2D eigenvalue weighted by Gasteiger charge is 2.14. The monoisotopic (exact) mass is 442 g/mol. The molecule has 0 aromatic heterocycles. The summed E-state index contributed by atoms with van der Waals surface area (Å²) in [5.74, 6) is 0.362. The molecule has 176 valence electrons. The Morgan fingerprint density at radius 2 is 1.44 bits per heavy atom. The third-order valence-corrected chi connectivity index (χ3v) is 5.53. The highest BCUT2D eigenvalue weighted by Crippen LogP contribution is 2.26. The number of phenolic OH excluding ortho intramolecular Hbond substituents is 2. The number of aryl methyl sites for hydroxylation is 1. The predicted octanol–water partition coefficient (Wildman–Crippen LogP) is 5.70. The van der Waals surface area contributed by atoms with Crippen molar-refractivity contribution in [1.82, 2.24) is 5.32 Å². The Balaban J connectivity index is 1.39. The largest absolute Gasteiger partial charge is 0.508 e. The van der Waals surface area contributed by atoms with E-state index in [0.29, 0.717) is 12.1 Å². The molecule has 6 nitrogen and oxygen atoms in total. The fraction of sp³-hybridized carbons (Fsp3) is 0.500. The lowest BCUT2D eigenvalue weighted by atomic mass is 10.1. The van der Waals surface area contributed by atoms with Gasteiger partial charge in [-0.15, -0.1) is 0 Å². The van der Waals surface area contributed by atoms with Crippen molar-refractivity contribution < 1.29 is 19.7 Å². The van der Waals surface area contributed by atoms with Gasteiger partial charge in [0.15, 0.2) is 0 Å². The second kappa shape index (κ2) is 14.2. The average Bonchev–Trinajstić information content (AvgIpc) is 2.74. The number of amides is 1. The van der Waals surface area contributed by atoms with Gasteiger partial charge in [0, 0.05) is 18.3 Å². The number of carbonyl (C=O) groups is 1. The molecule has 0 atom stereocenters. The summed E-state index contributed by atoms with van der Waals surface area (Å²) in [6, 6.07) is 10.2. The van der Waals surface area contributed by atoms with Crippen molar-refractivity contribution >= 4 is 11.6 Å². The van der Waals surface area contributed by atoms with E-state index in [1.165, 1.54) is 57.1 Å². The highest BCUT2D eigenvalue weighted by atomic mass is 16.5. The van der Waals surface area contributed by atoms with Crippen LogP contribution in [0.15, 0.2) is 36.4 Å². The van der Waals surface area contributed by atoms with Crippen molar-refractivity contribution in [2.75, 3.05) is 18.9 Å². The van der Waals surface area contributed by atoms with Gasteiger partial charge in [-0.3, -0.25) is 4.79 Å². The number of hydrogen-bond donors (Lipinski definition) is 4. The zero-order valence-corrected chi connectivity index (χ0v) is 19.2. The van der Waals surface area contributed by atoms with Crippen LogP contribution in [0, 0.1) is 6.92 Å². The molecular formula is C26H38N2O4. The molecule has 0 heterocycles. The summed E-state index contributed by atoms with van der Waals surface area (Å²) in [7, 11) is 0. The number of benzene rings is 2. The third kappa shape index (κ3) is 9.50. The first-order valence-corrected chi connectivity index (χ1v) is 11.8. The number of nitrogen functional groups attached to an aromatic ring is 1. The number of carbonyl (C=O) groups excluding carboxylic acids is 1. The van der Waals surface area contributed by atoms with E-state index in [-0.39, 0.29) is 23.0 Å². The van der Waals surface area contributed by atoms with Gasteiger partial charge in [0.1, 0.15) is 17.2 Å². The Hall–Kier alpha value is -2.89. The van der Waals surface area contributed by atoms with Gasteiger partial charge < -0.3 is 26.0 Å². The van der Waals surface area contributed by atoms with Gasteiger partial charge in [-0.1, -0.05) is 51.4 Å². The summed E-state index contributed by atoms with van der Waals surface area (Å²) in [6.45, 7) is 3.05.